The molecule has 0 spiro atoms. The third-order valence-electron chi connectivity index (χ3n) is 5.18. The van der Waals surface area contributed by atoms with Gasteiger partial charge in [0.25, 0.3) is 0 Å². The fourth-order valence-corrected chi connectivity index (χ4v) is 4.21. The minimum absolute atomic E-state index is 0.0331. The molecule has 0 aromatic rings. The summed E-state index contributed by atoms with van der Waals surface area (Å²) in [7, 11) is 1.30. The Hall–Kier alpha value is -2.34. The van der Waals surface area contributed by atoms with Gasteiger partial charge < -0.3 is 9.64 Å². The second-order valence-electron chi connectivity index (χ2n) is 6.24. The van der Waals surface area contributed by atoms with Crippen LogP contribution in [0, 0.1) is 23.7 Å². The molecule has 0 unspecified atom stereocenters. The van der Waals surface area contributed by atoms with Gasteiger partial charge in [0.15, 0.2) is 0 Å². The molecule has 8 heteroatoms. The summed E-state index contributed by atoms with van der Waals surface area (Å²) in [6, 6.07) is -0.578. The highest BCUT2D eigenvalue weighted by Crippen LogP contribution is 2.49. The zero-order chi connectivity index (χ0) is 16.6. The maximum absolute atomic E-state index is 13.0. The zero-order valence-corrected chi connectivity index (χ0v) is 12.8. The first kappa shape index (κ1) is 15.6. The highest BCUT2D eigenvalue weighted by molar-refractivity contribution is 5.92. The van der Waals surface area contributed by atoms with Gasteiger partial charge in [0, 0.05) is 17.4 Å². The summed E-state index contributed by atoms with van der Waals surface area (Å²) in [5, 5.41) is 3.20. The Morgan fingerprint density at radius 2 is 1.96 bits per heavy atom. The molecule has 1 aliphatic heterocycles. The maximum atomic E-state index is 13.0. The summed E-state index contributed by atoms with van der Waals surface area (Å²) in [4.78, 5) is 41.1. The molecule has 3 rings (SSSR count). The van der Waals surface area contributed by atoms with Crippen LogP contribution >= 0.6 is 0 Å². The van der Waals surface area contributed by atoms with Gasteiger partial charge in [-0.25, -0.2) is 4.79 Å². The number of hydrogen-bond acceptors (Lipinski definition) is 4. The molecule has 23 heavy (non-hydrogen) atoms. The monoisotopic (exact) mass is 318 g/mol. The number of nitrogens with zero attached hydrogens (tertiary/aromatic N) is 4. The van der Waals surface area contributed by atoms with Crippen LogP contribution in [0.4, 0.5) is 0 Å². The quantitative estimate of drug-likeness (QED) is 0.257. The number of azide groups is 1. The molecule has 1 saturated heterocycles. The Morgan fingerprint density at radius 3 is 2.61 bits per heavy atom. The summed E-state index contributed by atoms with van der Waals surface area (Å²) in [6.45, 7) is 0.485. The van der Waals surface area contributed by atoms with Crippen molar-refractivity contribution in [2.45, 2.75) is 25.3 Å². The highest BCUT2D eigenvalue weighted by Gasteiger charge is 2.53. The first-order valence-corrected chi connectivity index (χ1v) is 7.74. The van der Waals surface area contributed by atoms with Crippen molar-refractivity contribution in [3.8, 4) is 0 Å². The average Bonchev–Trinajstić information content (AvgIpc) is 3.27. The van der Waals surface area contributed by atoms with E-state index in [4.69, 9.17) is 10.3 Å². The van der Waals surface area contributed by atoms with E-state index in [9.17, 15) is 14.4 Å². The zero-order valence-electron chi connectivity index (χ0n) is 12.8. The molecule has 122 valence electrons. The Kier molecular flexibility index (Phi) is 4.09. The number of carbonyl (C=O) groups excluding carboxylic acids is 3. The number of allylic oxidation sites excluding steroid dienone is 2. The van der Waals surface area contributed by atoms with Gasteiger partial charge in [-0.3, -0.25) is 9.59 Å². The normalized spacial score (nSPS) is 34.3. The minimum Gasteiger partial charge on any atom is -0.467 e. The van der Waals surface area contributed by atoms with Crippen molar-refractivity contribution in [3.05, 3.63) is 22.6 Å². The summed E-state index contributed by atoms with van der Waals surface area (Å²) >= 11 is 0. The molecule has 5 atom stereocenters. The van der Waals surface area contributed by atoms with Crippen LogP contribution in [0.5, 0.6) is 0 Å². The molecule has 1 saturated carbocycles. The summed E-state index contributed by atoms with van der Waals surface area (Å²) in [5.41, 5.74) is 8.51. The Balaban J connectivity index is 1.85. The number of rotatable bonds is 3. The lowest BCUT2D eigenvalue weighted by atomic mass is 9.81. The van der Waals surface area contributed by atoms with Gasteiger partial charge >= 0.3 is 5.97 Å². The first-order chi connectivity index (χ1) is 11.1. The SMILES string of the molecule is COC(=O)[C@@H]1CCCN1C(=O)[C@H]1[C@@H](C(=O)N=[N+]=[N-])[C@H]2C=C[C@@H]1C2. The van der Waals surface area contributed by atoms with Crippen LogP contribution in [0.3, 0.4) is 0 Å². The molecule has 0 aromatic heterocycles. The number of likely N-dealkylation sites (tertiary alicyclic amines) is 1. The third kappa shape index (κ3) is 2.49. The van der Waals surface area contributed by atoms with E-state index in [1.165, 1.54) is 12.0 Å². The Morgan fingerprint density at radius 1 is 1.26 bits per heavy atom. The molecule has 0 radical (unpaired) electrons. The second-order valence-corrected chi connectivity index (χ2v) is 6.24. The van der Waals surface area contributed by atoms with Crippen molar-refractivity contribution in [1.29, 1.82) is 0 Å². The second kappa shape index (κ2) is 6.04. The average molecular weight is 318 g/mol. The minimum atomic E-state index is -0.618. The number of fused-ring (bicyclic) bond motifs is 2. The van der Waals surface area contributed by atoms with E-state index < -0.39 is 29.8 Å². The van der Waals surface area contributed by atoms with Gasteiger partial charge in [0.1, 0.15) is 6.04 Å². The van der Waals surface area contributed by atoms with Gasteiger partial charge in [0.05, 0.1) is 13.0 Å². The fraction of sp³-hybridized carbons (Fsp3) is 0.667. The van der Waals surface area contributed by atoms with Gasteiger partial charge in [-0.1, -0.05) is 12.2 Å². The van der Waals surface area contributed by atoms with Crippen LogP contribution in [0.1, 0.15) is 19.3 Å². The number of esters is 1. The maximum Gasteiger partial charge on any atom is 0.328 e. The molecule has 2 aliphatic carbocycles. The smallest absolute Gasteiger partial charge is 0.328 e. The molecule has 1 heterocycles. The van der Waals surface area contributed by atoms with Crippen LogP contribution in [-0.2, 0) is 19.1 Å². The fourth-order valence-electron chi connectivity index (χ4n) is 4.21. The summed E-state index contributed by atoms with van der Waals surface area (Å²) in [6.07, 6.45) is 5.90. The number of amides is 2. The van der Waals surface area contributed by atoms with E-state index in [2.05, 4.69) is 10.0 Å². The number of methoxy groups -OCH3 is 1. The van der Waals surface area contributed by atoms with Crippen LogP contribution in [-0.4, -0.2) is 42.4 Å². The summed E-state index contributed by atoms with van der Waals surface area (Å²) < 4.78 is 4.77. The molecular weight excluding hydrogens is 300 g/mol. The van der Waals surface area contributed by atoms with Gasteiger partial charge in [-0.15, -0.1) is 0 Å². The number of carbonyl (C=O) groups is 3. The molecular formula is C15H18N4O4. The van der Waals surface area contributed by atoms with Crippen molar-refractivity contribution < 1.29 is 19.1 Å². The van der Waals surface area contributed by atoms with Crippen molar-refractivity contribution in [1.82, 2.24) is 4.90 Å². The third-order valence-corrected chi connectivity index (χ3v) is 5.18. The van der Waals surface area contributed by atoms with Crippen molar-refractivity contribution in [3.63, 3.8) is 0 Å². The molecule has 2 bridgehead atoms. The topological polar surface area (TPSA) is 112 Å². The highest BCUT2D eigenvalue weighted by atomic mass is 16.5. The van der Waals surface area contributed by atoms with E-state index in [0.29, 0.717) is 19.4 Å². The van der Waals surface area contributed by atoms with Crippen LogP contribution in [0.25, 0.3) is 10.4 Å². The van der Waals surface area contributed by atoms with Gasteiger partial charge in [0.2, 0.25) is 11.8 Å². The van der Waals surface area contributed by atoms with Crippen molar-refractivity contribution in [2.75, 3.05) is 13.7 Å². The van der Waals surface area contributed by atoms with Crippen molar-refractivity contribution in [2.24, 2.45) is 28.8 Å². The van der Waals surface area contributed by atoms with Crippen molar-refractivity contribution >= 4 is 17.8 Å². The molecule has 2 amide bonds. The molecule has 8 nitrogen and oxygen atoms in total. The van der Waals surface area contributed by atoms with Crippen LogP contribution in [0.15, 0.2) is 17.3 Å². The lowest BCUT2D eigenvalue weighted by Crippen LogP contribution is -2.47. The number of hydrogen-bond donors (Lipinski definition) is 0. The van der Waals surface area contributed by atoms with E-state index in [-0.39, 0.29) is 17.7 Å². The van der Waals surface area contributed by atoms with E-state index in [1.54, 1.807) is 0 Å². The largest absolute Gasteiger partial charge is 0.467 e. The number of ether oxygens (including phenoxy) is 1. The Bertz CT molecular complexity index is 625. The van der Waals surface area contributed by atoms with Gasteiger partial charge in [-0.05, 0) is 41.7 Å². The van der Waals surface area contributed by atoms with E-state index in [1.807, 2.05) is 12.2 Å². The standard InChI is InChI=1S/C15H18N4O4/c1-23-15(22)10-3-2-6-19(10)14(21)12-9-5-4-8(7-9)11(12)13(20)17-18-16/h4-5,8-12H,2-3,6-7H2,1H3/t8-,9+,10-,11-,12+/m0/s1. The molecule has 3 aliphatic rings. The molecule has 2 fully saturated rings. The molecule has 0 N–H and O–H groups in total. The van der Waals surface area contributed by atoms with E-state index >= 15 is 0 Å². The van der Waals surface area contributed by atoms with Crippen LogP contribution < -0.4 is 0 Å². The Labute approximate surface area is 133 Å². The summed E-state index contributed by atoms with van der Waals surface area (Å²) in [5.74, 6) is -2.48. The first-order valence-electron chi connectivity index (χ1n) is 7.74. The predicted octanol–water partition coefficient (Wildman–Crippen LogP) is 1.43. The van der Waals surface area contributed by atoms with Gasteiger partial charge in [-0.2, -0.15) is 0 Å². The van der Waals surface area contributed by atoms with Crippen LogP contribution in [0.2, 0.25) is 0 Å². The lowest BCUT2D eigenvalue weighted by Gasteiger charge is -2.31. The van der Waals surface area contributed by atoms with E-state index in [0.717, 1.165) is 6.42 Å². The predicted molar refractivity (Wildman–Crippen MR) is 78.6 cm³/mol. The molecule has 0 aromatic carbocycles. The lowest BCUT2D eigenvalue weighted by molar-refractivity contribution is -0.153.